The van der Waals surface area contributed by atoms with Gasteiger partial charge in [0.25, 0.3) is 0 Å². The summed E-state index contributed by atoms with van der Waals surface area (Å²) in [6.07, 6.45) is -1.39. The van der Waals surface area contributed by atoms with E-state index < -0.39 is 19.9 Å². The molecule has 0 rings (SSSR count). The van der Waals surface area contributed by atoms with E-state index in [0.717, 1.165) is 0 Å². The van der Waals surface area contributed by atoms with Gasteiger partial charge in [0.05, 0.1) is 27.3 Å². The molecule has 0 heterocycles. The third-order valence-corrected chi connectivity index (χ3v) is 2.10. The maximum atomic E-state index is 10.5. The van der Waals surface area contributed by atoms with Crippen molar-refractivity contribution in [2.45, 2.75) is 6.10 Å². The van der Waals surface area contributed by atoms with Crippen molar-refractivity contribution in [3.8, 4) is 0 Å². The molecule has 0 aliphatic carbocycles. The van der Waals surface area contributed by atoms with Gasteiger partial charge in [0.2, 0.25) is 0 Å². The fourth-order valence-corrected chi connectivity index (χ4v) is 1.63. The lowest BCUT2D eigenvalue weighted by Gasteiger charge is -2.26. The van der Waals surface area contributed by atoms with Crippen LogP contribution in [0, 0.1) is 0 Å². The first-order valence-corrected chi connectivity index (χ1v) is 5.43. The Morgan fingerprint density at radius 3 is 2.00 bits per heavy atom. The summed E-state index contributed by atoms with van der Waals surface area (Å²) in [5.74, 6) is 0. The molecule has 0 aromatic rings. The van der Waals surface area contributed by atoms with Crippen molar-refractivity contribution in [2.75, 3.05) is 33.8 Å². The highest BCUT2D eigenvalue weighted by molar-refractivity contribution is 7.51. The molecule has 0 spiro atoms. The Bertz CT molecular complexity index is 182. The fourth-order valence-electron chi connectivity index (χ4n) is 0.965. The standard InChI is InChI=1S/C6H16NO4P/c1-7(2,3)4-6(8)5-12(9,10)11/h6,8H,4-5H2,1-3H3,(H-,9,10,11)/p+1/t6-/m0/s1. The minimum Gasteiger partial charge on any atom is -0.387 e. The highest BCUT2D eigenvalue weighted by atomic mass is 31.2. The van der Waals surface area contributed by atoms with Gasteiger partial charge < -0.3 is 19.4 Å². The van der Waals surface area contributed by atoms with Crippen molar-refractivity contribution in [3.63, 3.8) is 0 Å². The SMILES string of the molecule is C[N+](C)(C)C[C@H](O)CP(=O)(O)O. The molecular formula is C6H17NO4P+. The zero-order chi connectivity index (χ0) is 9.99. The molecule has 0 fully saturated rings. The molecule has 6 heteroatoms. The average Bonchev–Trinajstić information content (AvgIpc) is 1.49. The molecule has 0 aromatic carbocycles. The molecule has 0 saturated heterocycles. The summed E-state index contributed by atoms with van der Waals surface area (Å²) in [5, 5.41) is 9.21. The van der Waals surface area contributed by atoms with Gasteiger partial charge in [0.15, 0.2) is 0 Å². The Balaban J connectivity index is 3.91. The van der Waals surface area contributed by atoms with Crippen molar-refractivity contribution < 1.29 is 23.9 Å². The summed E-state index contributed by atoms with van der Waals surface area (Å²) in [6.45, 7) is 0.338. The third kappa shape index (κ3) is 8.17. The number of aliphatic hydroxyl groups is 1. The predicted molar refractivity (Wildman–Crippen MR) is 45.8 cm³/mol. The summed E-state index contributed by atoms with van der Waals surface area (Å²) in [4.78, 5) is 17.1. The molecule has 5 nitrogen and oxygen atoms in total. The zero-order valence-electron chi connectivity index (χ0n) is 7.64. The second-order valence-corrected chi connectivity index (χ2v) is 5.67. The Morgan fingerprint density at radius 1 is 1.33 bits per heavy atom. The maximum absolute atomic E-state index is 10.5. The van der Waals surface area contributed by atoms with Crippen LogP contribution < -0.4 is 0 Å². The van der Waals surface area contributed by atoms with Crippen LogP contribution in [0.2, 0.25) is 0 Å². The number of aliphatic hydroxyl groups excluding tert-OH is 1. The summed E-state index contributed by atoms with van der Waals surface area (Å²) in [7, 11) is 1.48. The maximum Gasteiger partial charge on any atom is 0.328 e. The Morgan fingerprint density at radius 2 is 1.75 bits per heavy atom. The van der Waals surface area contributed by atoms with Crippen molar-refractivity contribution in [2.24, 2.45) is 0 Å². The molecule has 0 amide bonds. The van der Waals surface area contributed by atoms with Crippen molar-refractivity contribution in [3.05, 3.63) is 0 Å². The van der Waals surface area contributed by atoms with Gasteiger partial charge in [0, 0.05) is 0 Å². The molecule has 0 aliphatic heterocycles. The quantitative estimate of drug-likeness (QED) is 0.409. The van der Waals surface area contributed by atoms with Crippen LogP contribution in [0.25, 0.3) is 0 Å². The zero-order valence-corrected chi connectivity index (χ0v) is 8.53. The monoisotopic (exact) mass is 198 g/mol. The smallest absolute Gasteiger partial charge is 0.328 e. The van der Waals surface area contributed by atoms with E-state index in [9.17, 15) is 9.67 Å². The van der Waals surface area contributed by atoms with Crippen molar-refractivity contribution in [1.82, 2.24) is 0 Å². The Hall–Kier alpha value is 0.0700. The van der Waals surface area contributed by atoms with Crippen molar-refractivity contribution >= 4 is 7.60 Å². The van der Waals surface area contributed by atoms with Gasteiger partial charge in [0.1, 0.15) is 12.6 Å². The summed E-state index contributed by atoms with van der Waals surface area (Å²) in [5.41, 5.74) is 0. The molecule has 3 N–H and O–H groups in total. The van der Waals surface area contributed by atoms with Crippen LogP contribution in [0.15, 0.2) is 0 Å². The summed E-state index contributed by atoms with van der Waals surface area (Å²) in [6, 6.07) is 0. The molecule has 0 bridgehead atoms. The first-order chi connectivity index (χ1) is 5.10. The van der Waals surface area contributed by atoms with Gasteiger partial charge >= 0.3 is 7.60 Å². The van der Waals surface area contributed by atoms with Gasteiger partial charge in [-0.15, -0.1) is 0 Å². The highest BCUT2D eigenvalue weighted by Crippen LogP contribution is 2.35. The van der Waals surface area contributed by atoms with Crippen LogP contribution in [0.3, 0.4) is 0 Å². The lowest BCUT2D eigenvalue weighted by molar-refractivity contribution is -0.873. The largest absolute Gasteiger partial charge is 0.387 e. The second kappa shape index (κ2) is 3.85. The number of nitrogens with zero attached hydrogens (tertiary/aromatic N) is 1. The fraction of sp³-hybridized carbons (Fsp3) is 1.00. The third-order valence-electron chi connectivity index (χ3n) is 1.21. The predicted octanol–water partition coefficient (Wildman–Crippen LogP) is -0.769. The molecule has 1 atom stereocenters. The lowest BCUT2D eigenvalue weighted by Crippen LogP contribution is -2.42. The van der Waals surface area contributed by atoms with Gasteiger partial charge in [-0.25, -0.2) is 0 Å². The molecule has 0 aromatic heterocycles. The Labute approximate surface area is 72.4 Å². The van der Waals surface area contributed by atoms with Crippen LogP contribution in [0.5, 0.6) is 0 Å². The van der Waals surface area contributed by atoms with Crippen molar-refractivity contribution in [1.29, 1.82) is 0 Å². The minimum absolute atomic E-state index is 0.338. The molecule has 0 radical (unpaired) electrons. The topological polar surface area (TPSA) is 77.8 Å². The van der Waals surface area contributed by atoms with E-state index in [0.29, 0.717) is 11.0 Å². The molecule has 0 aliphatic rings. The van der Waals surface area contributed by atoms with Crippen LogP contribution >= 0.6 is 7.60 Å². The van der Waals surface area contributed by atoms with E-state index in [-0.39, 0.29) is 0 Å². The lowest BCUT2D eigenvalue weighted by atomic mass is 10.3. The molecule has 0 saturated carbocycles. The first kappa shape index (κ1) is 12.1. The first-order valence-electron chi connectivity index (χ1n) is 3.63. The van der Waals surface area contributed by atoms with E-state index in [1.807, 2.05) is 21.1 Å². The van der Waals surface area contributed by atoms with Crippen LogP contribution in [-0.4, -0.2) is 59.3 Å². The molecule has 0 unspecified atom stereocenters. The average molecular weight is 198 g/mol. The normalized spacial score (nSPS) is 16.2. The van der Waals surface area contributed by atoms with E-state index in [1.165, 1.54) is 0 Å². The molecule has 12 heavy (non-hydrogen) atoms. The van der Waals surface area contributed by atoms with Gasteiger partial charge in [-0.1, -0.05) is 0 Å². The summed E-state index contributed by atoms with van der Waals surface area (Å²) >= 11 is 0. The number of quaternary nitrogens is 1. The van der Waals surface area contributed by atoms with Gasteiger partial charge in [-0.05, 0) is 0 Å². The van der Waals surface area contributed by atoms with Crippen LogP contribution in [0.1, 0.15) is 0 Å². The summed E-state index contributed by atoms with van der Waals surface area (Å²) < 4.78 is 10.9. The molecular weight excluding hydrogens is 181 g/mol. The van der Waals surface area contributed by atoms with Crippen LogP contribution in [-0.2, 0) is 4.57 Å². The number of hydrogen-bond donors (Lipinski definition) is 3. The molecule has 74 valence electrons. The van der Waals surface area contributed by atoms with E-state index in [4.69, 9.17) is 9.79 Å². The van der Waals surface area contributed by atoms with Crippen LogP contribution in [0.4, 0.5) is 0 Å². The van der Waals surface area contributed by atoms with Gasteiger partial charge in [-0.2, -0.15) is 0 Å². The van der Waals surface area contributed by atoms with Gasteiger partial charge in [-0.3, -0.25) is 4.57 Å². The number of hydrogen-bond acceptors (Lipinski definition) is 2. The minimum atomic E-state index is -4.07. The Kier molecular flexibility index (Phi) is 3.87. The van der Waals surface area contributed by atoms with E-state index in [2.05, 4.69) is 0 Å². The van der Waals surface area contributed by atoms with E-state index >= 15 is 0 Å². The second-order valence-electron chi connectivity index (χ2n) is 3.97. The number of likely N-dealkylation sites (N-methyl/N-ethyl adjacent to an activating group) is 1. The van der Waals surface area contributed by atoms with E-state index in [1.54, 1.807) is 0 Å². The number of rotatable bonds is 4. The highest BCUT2D eigenvalue weighted by Gasteiger charge is 2.24.